The number of hydrogen-bond donors (Lipinski definition) is 2. The fraction of sp³-hybridized carbons (Fsp3) is 0.333. The van der Waals surface area contributed by atoms with E-state index in [9.17, 15) is 8.42 Å². The quantitative estimate of drug-likeness (QED) is 0.806. The molecule has 5 nitrogen and oxygen atoms in total. The molecular formula is C18H24N2O3S. The first-order chi connectivity index (χ1) is 11.3. The smallest absolute Gasteiger partial charge is 0.244 e. The van der Waals surface area contributed by atoms with Crippen molar-refractivity contribution in [3.63, 3.8) is 0 Å². The molecule has 0 aliphatic rings. The lowest BCUT2D eigenvalue weighted by atomic mass is 9.99. The largest absolute Gasteiger partial charge is 0.495 e. The van der Waals surface area contributed by atoms with Crippen molar-refractivity contribution < 1.29 is 13.2 Å². The van der Waals surface area contributed by atoms with Gasteiger partial charge < -0.3 is 10.5 Å². The van der Waals surface area contributed by atoms with Gasteiger partial charge in [-0.15, -0.1) is 0 Å². The lowest BCUT2D eigenvalue weighted by Crippen LogP contribution is -2.32. The van der Waals surface area contributed by atoms with Crippen LogP contribution in [0.4, 0.5) is 0 Å². The number of nitrogens with one attached hydrogen (secondary N) is 1. The van der Waals surface area contributed by atoms with E-state index in [-0.39, 0.29) is 11.4 Å². The number of nitrogens with two attached hydrogens (primary N) is 1. The van der Waals surface area contributed by atoms with E-state index in [1.807, 2.05) is 24.3 Å². The van der Waals surface area contributed by atoms with Crippen LogP contribution in [0.15, 0.2) is 53.4 Å². The van der Waals surface area contributed by atoms with Crippen molar-refractivity contribution in [2.24, 2.45) is 5.73 Å². The zero-order valence-electron chi connectivity index (χ0n) is 14.2. The molecule has 0 heterocycles. The second-order valence-electron chi connectivity index (χ2n) is 5.93. The van der Waals surface area contributed by atoms with Gasteiger partial charge >= 0.3 is 0 Å². The monoisotopic (exact) mass is 348 g/mol. The van der Waals surface area contributed by atoms with E-state index >= 15 is 0 Å². The Kier molecular flexibility index (Phi) is 5.99. The van der Waals surface area contributed by atoms with Crippen LogP contribution in [-0.4, -0.2) is 22.1 Å². The van der Waals surface area contributed by atoms with E-state index in [0.29, 0.717) is 11.7 Å². The predicted octanol–water partition coefficient (Wildman–Crippen LogP) is 2.80. The standard InChI is InChI=1S/C18H24N2O3S/c1-13(2)14-8-10-15(11-9-14)16(19)12-20-24(21,22)18-7-5-4-6-17(18)23-3/h4-11,13,16,20H,12,19H2,1-3H3. The number of methoxy groups -OCH3 is 1. The van der Waals surface area contributed by atoms with Gasteiger partial charge in [0.1, 0.15) is 10.6 Å². The molecule has 2 aromatic carbocycles. The van der Waals surface area contributed by atoms with E-state index in [0.717, 1.165) is 5.56 Å². The highest BCUT2D eigenvalue weighted by molar-refractivity contribution is 7.89. The molecule has 2 rings (SSSR count). The number of para-hydroxylation sites is 1. The van der Waals surface area contributed by atoms with E-state index in [1.54, 1.807) is 18.2 Å². The average Bonchev–Trinajstić information content (AvgIpc) is 2.59. The number of rotatable bonds is 7. The van der Waals surface area contributed by atoms with E-state index in [4.69, 9.17) is 10.5 Å². The van der Waals surface area contributed by atoms with Gasteiger partial charge in [0.25, 0.3) is 0 Å². The first-order valence-corrected chi connectivity index (χ1v) is 9.31. The van der Waals surface area contributed by atoms with Gasteiger partial charge in [-0.1, -0.05) is 50.2 Å². The van der Waals surface area contributed by atoms with Crippen LogP contribution in [0.2, 0.25) is 0 Å². The van der Waals surface area contributed by atoms with Gasteiger partial charge in [0, 0.05) is 12.6 Å². The van der Waals surface area contributed by atoms with Crippen LogP contribution in [0, 0.1) is 0 Å². The van der Waals surface area contributed by atoms with Gasteiger partial charge in [-0.3, -0.25) is 0 Å². The molecule has 0 radical (unpaired) electrons. The SMILES string of the molecule is COc1ccccc1S(=O)(=O)NCC(N)c1ccc(C(C)C)cc1. The first-order valence-electron chi connectivity index (χ1n) is 7.83. The van der Waals surface area contributed by atoms with Crippen molar-refractivity contribution in [3.05, 3.63) is 59.7 Å². The van der Waals surface area contributed by atoms with Gasteiger partial charge in [-0.05, 0) is 29.2 Å². The number of benzene rings is 2. The molecule has 0 aliphatic carbocycles. The molecule has 6 heteroatoms. The minimum Gasteiger partial charge on any atom is -0.495 e. The van der Waals surface area contributed by atoms with Crippen LogP contribution >= 0.6 is 0 Å². The summed E-state index contributed by atoms with van der Waals surface area (Å²) in [5.41, 5.74) is 8.23. The summed E-state index contributed by atoms with van der Waals surface area (Å²) in [6.07, 6.45) is 0. The molecule has 1 unspecified atom stereocenters. The van der Waals surface area contributed by atoms with Crippen molar-refractivity contribution in [2.75, 3.05) is 13.7 Å². The summed E-state index contributed by atoms with van der Waals surface area (Å²) < 4.78 is 32.5. The van der Waals surface area contributed by atoms with E-state index in [2.05, 4.69) is 18.6 Å². The molecule has 0 aromatic heterocycles. The third-order valence-corrected chi connectivity index (χ3v) is 5.35. The van der Waals surface area contributed by atoms with Crippen molar-refractivity contribution in [2.45, 2.75) is 30.7 Å². The summed E-state index contributed by atoms with van der Waals surface area (Å²) in [5, 5.41) is 0. The number of hydrogen-bond acceptors (Lipinski definition) is 4. The minimum atomic E-state index is -3.68. The van der Waals surface area contributed by atoms with Crippen LogP contribution in [0.3, 0.4) is 0 Å². The Morgan fingerprint density at radius 1 is 1.04 bits per heavy atom. The zero-order chi connectivity index (χ0) is 17.7. The second-order valence-corrected chi connectivity index (χ2v) is 7.67. The lowest BCUT2D eigenvalue weighted by molar-refractivity contribution is 0.402. The summed E-state index contributed by atoms with van der Waals surface area (Å²) in [4.78, 5) is 0.106. The molecule has 130 valence electrons. The van der Waals surface area contributed by atoms with Gasteiger partial charge in [-0.25, -0.2) is 13.1 Å². The first kappa shape index (κ1) is 18.4. The summed E-state index contributed by atoms with van der Waals surface area (Å²) in [6.45, 7) is 4.36. The Morgan fingerprint density at radius 3 is 2.21 bits per heavy atom. The summed E-state index contributed by atoms with van der Waals surface area (Å²) >= 11 is 0. The van der Waals surface area contributed by atoms with Crippen LogP contribution in [0.5, 0.6) is 5.75 Å². The maximum atomic E-state index is 12.4. The van der Waals surface area contributed by atoms with Crippen LogP contribution < -0.4 is 15.2 Å². The summed E-state index contributed by atoms with van der Waals surface area (Å²) in [7, 11) is -2.24. The summed E-state index contributed by atoms with van der Waals surface area (Å²) in [5.74, 6) is 0.749. The Hall–Kier alpha value is -1.89. The number of sulfonamides is 1. The Balaban J connectivity index is 2.08. The molecule has 0 amide bonds. The van der Waals surface area contributed by atoms with Gasteiger partial charge in [0.05, 0.1) is 7.11 Å². The molecule has 24 heavy (non-hydrogen) atoms. The predicted molar refractivity (Wildman–Crippen MR) is 95.6 cm³/mol. The molecule has 0 spiro atoms. The average molecular weight is 348 g/mol. The number of ether oxygens (including phenoxy) is 1. The fourth-order valence-electron chi connectivity index (χ4n) is 2.36. The van der Waals surface area contributed by atoms with Crippen molar-refractivity contribution in [1.29, 1.82) is 0 Å². The highest BCUT2D eigenvalue weighted by atomic mass is 32.2. The Morgan fingerprint density at radius 2 is 1.62 bits per heavy atom. The van der Waals surface area contributed by atoms with Gasteiger partial charge in [0.2, 0.25) is 10.0 Å². The third-order valence-electron chi connectivity index (χ3n) is 3.88. The molecule has 0 aliphatic heterocycles. The molecule has 0 fully saturated rings. The van der Waals surface area contributed by atoms with Crippen LogP contribution in [0.25, 0.3) is 0 Å². The Labute approximate surface area is 143 Å². The van der Waals surface area contributed by atoms with Crippen molar-refractivity contribution >= 4 is 10.0 Å². The molecule has 0 saturated heterocycles. The van der Waals surface area contributed by atoms with E-state index in [1.165, 1.54) is 18.7 Å². The van der Waals surface area contributed by atoms with Crippen LogP contribution in [0.1, 0.15) is 36.9 Å². The zero-order valence-corrected chi connectivity index (χ0v) is 15.0. The molecule has 0 saturated carbocycles. The van der Waals surface area contributed by atoms with E-state index < -0.39 is 16.1 Å². The summed E-state index contributed by atoms with van der Waals surface area (Å²) in [6, 6.07) is 14.0. The van der Waals surface area contributed by atoms with Gasteiger partial charge in [-0.2, -0.15) is 0 Å². The highest BCUT2D eigenvalue weighted by Crippen LogP contribution is 2.23. The highest BCUT2D eigenvalue weighted by Gasteiger charge is 2.20. The van der Waals surface area contributed by atoms with Crippen molar-refractivity contribution in [3.8, 4) is 5.75 Å². The molecule has 3 N–H and O–H groups in total. The maximum Gasteiger partial charge on any atom is 0.244 e. The topological polar surface area (TPSA) is 81.4 Å². The molecule has 1 atom stereocenters. The lowest BCUT2D eigenvalue weighted by Gasteiger charge is -2.16. The van der Waals surface area contributed by atoms with Crippen LogP contribution in [-0.2, 0) is 10.0 Å². The molecule has 2 aromatic rings. The second kappa shape index (κ2) is 7.79. The minimum absolute atomic E-state index is 0.106. The molecular weight excluding hydrogens is 324 g/mol. The Bertz CT molecular complexity index is 771. The third kappa shape index (κ3) is 4.35. The molecule has 0 bridgehead atoms. The maximum absolute atomic E-state index is 12.4. The van der Waals surface area contributed by atoms with Gasteiger partial charge in [0.15, 0.2) is 0 Å². The van der Waals surface area contributed by atoms with Crippen molar-refractivity contribution in [1.82, 2.24) is 4.72 Å². The normalized spacial score (nSPS) is 13.0. The fourth-order valence-corrected chi connectivity index (χ4v) is 3.59.